The van der Waals surface area contributed by atoms with Gasteiger partial charge in [0.1, 0.15) is 11.3 Å². The Balaban J connectivity index is 0.000000960. The maximum Gasteiger partial charge on any atom is 0.274 e. The molecule has 7 heteroatoms. The van der Waals surface area contributed by atoms with Crippen LogP contribution < -0.4 is 5.32 Å². The van der Waals surface area contributed by atoms with Crippen molar-refractivity contribution in [3.05, 3.63) is 36.3 Å². The van der Waals surface area contributed by atoms with Gasteiger partial charge in [0.25, 0.3) is 5.91 Å². The minimum atomic E-state index is 0. The van der Waals surface area contributed by atoms with Gasteiger partial charge in [-0.2, -0.15) is 0 Å². The van der Waals surface area contributed by atoms with Crippen LogP contribution in [-0.4, -0.2) is 46.4 Å². The number of rotatable bonds is 1. The molecule has 2 aliphatic rings. The smallest absolute Gasteiger partial charge is 0.274 e. The molecule has 126 valence electrons. The third-order valence-electron chi connectivity index (χ3n) is 5.03. The van der Waals surface area contributed by atoms with Crippen LogP contribution in [0.15, 0.2) is 30.6 Å². The Bertz CT molecular complexity index is 639. The van der Waals surface area contributed by atoms with Crippen LogP contribution in [0.1, 0.15) is 29.8 Å². The molecule has 1 spiro atoms. The van der Waals surface area contributed by atoms with Gasteiger partial charge in [-0.05, 0) is 43.4 Å². The molecule has 2 aromatic heterocycles. The molecule has 0 bridgehead atoms. The predicted octanol–water partition coefficient (Wildman–Crippen LogP) is 2.39. The second-order valence-electron chi connectivity index (χ2n) is 6.31. The molecule has 1 amide bonds. The van der Waals surface area contributed by atoms with Gasteiger partial charge >= 0.3 is 0 Å². The number of hydrogen-bond acceptors (Lipinski definition) is 3. The number of nitrogens with one attached hydrogen (secondary N) is 1. The average Bonchev–Trinajstić information content (AvgIpc) is 3.14. The van der Waals surface area contributed by atoms with Crippen molar-refractivity contribution in [2.75, 3.05) is 26.2 Å². The van der Waals surface area contributed by atoms with E-state index >= 15 is 0 Å². The van der Waals surface area contributed by atoms with E-state index in [4.69, 9.17) is 0 Å². The lowest BCUT2D eigenvalue weighted by Crippen LogP contribution is -2.44. The minimum Gasteiger partial charge on any atom is -0.337 e. The number of carbonyl (C=O) groups is 1. The van der Waals surface area contributed by atoms with Crippen molar-refractivity contribution in [1.29, 1.82) is 0 Å². The number of carbonyl (C=O) groups excluding carboxylic acids is 1. The lowest BCUT2D eigenvalue weighted by atomic mass is 9.78. The van der Waals surface area contributed by atoms with Crippen LogP contribution in [0.3, 0.4) is 0 Å². The van der Waals surface area contributed by atoms with Crippen molar-refractivity contribution in [2.45, 2.75) is 19.3 Å². The number of aromatic nitrogens is 2. The number of pyridine rings is 1. The van der Waals surface area contributed by atoms with Crippen LogP contribution in [0.25, 0.3) is 5.65 Å². The number of imidazole rings is 1. The van der Waals surface area contributed by atoms with Crippen molar-refractivity contribution >= 4 is 36.4 Å². The van der Waals surface area contributed by atoms with Crippen molar-refractivity contribution in [3.8, 4) is 0 Å². The Morgan fingerprint density at radius 1 is 1.17 bits per heavy atom. The van der Waals surface area contributed by atoms with Crippen molar-refractivity contribution in [1.82, 2.24) is 19.6 Å². The topological polar surface area (TPSA) is 49.6 Å². The quantitative estimate of drug-likeness (QED) is 0.853. The maximum absolute atomic E-state index is 12.6. The fraction of sp³-hybridized carbons (Fsp3) is 0.500. The van der Waals surface area contributed by atoms with E-state index in [1.807, 2.05) is 39.9 Å². The second kappa shape index (κ2) is 7.07. The van der Waals surface area contributed by atoms with Crippen LogP contribution >= 0.6 is 24.8 Å². The molecule has 23 heavy (non-hydrogen) atoms. The first-order chi connectivity index (χ1) is 10.3. The van der Waals surface area contributed by atoms with E-state index < -0.39 is 0 Å². The standard InChI is InChI=1S/C16H20N4O.2ClH/c21-15(13-11-20-8-2-1-3-14(20)18-13)19-9-5-16(6-10-19)4-7-17-12-16;;/h1-3,8,11,17H,4-7,9-10,12H2;2*1H. The average molecular weight is 357 g/mol. The maximum atomic E-state index is 12.6. The number of amides is 1. The van der Waals surface area contributed by atoms with Crippen LogP contribution in [0.4, 0.5) is 0 Å². The summed E-state index contributed by atoms with van der Waals surface area (Å²) in [4.78, 5) is 19.0. The number of likely N-dealkylation sites (tertiary alicyclic amines) is 1. The summed E-state index contributed by atoms with van der Waals surface area (Å²) in [6.07, 6.45) is 7.23. The molecule has 2 saturated heterocycles. The van der Waals surface area contributed by atoms with Gasteiger partial charge in [-0.25, -0.2) is 4.98 Å². The Morgan fingerprint density at radius 2 is 1.96 bits per heavy atom. The largest absolute Gasteiger partial charge is 0.337 e. The summed E-state index contributed by atoms with van der Waals surface area (Å²) in [5.74, 6) is 0.0690. The van der Waals surface area contributed by atoms with Gasteiger partial charge in [-0.3, -0.25) is 4.79 Å². The van der Waals surface area contributed by atoms with E-state index in [1.54, 1.807) is 0 Å². The predicted molar refractivity (Wildman–Crippen MR) is 94.7 cm³/mol. The first kappa shape index (κ1) is 18.0. The zero-order chi connectivity index (χ0) is 14.3. The van der Waals surface area contributed by atoms with E-state index in [-0.39, 0.29) is 30.7 Å². The second-order valence-corrected chi connectivity index (χ2v) is 6.31. The molecular formula is C16H22Cl2N4O. The van der Waals surface area contributed by atoms with Gasteiger partial charge in [0, 0.05) is 32.0 Å². The van der Waals surface area contributed by atoms with Gasteiger partial charge in [0.2, 0.25) is 0 Å². The van der Waals surface area contributed by atoms with Crippen LogP contribution in [0.2, 0.25) is 0 Å². The fourth-order valence-corrected chi connectivity index (χ4v) is 3.61. The molecule has 0 saturated carbocycles. The Labute approximate surface area is 148 Å². The van der Waals surface area contributed by atoms with Crippen LogP contribution in [0.5, 0.6) is 0 Å². The number of halogens is 2. The van der Waals surface area contributed by atoms with Crippen molar-refractivity contribution in [2.24, 2.45) is 5.41 Å². The zero-order valence-corrected chi connectivity index (χ0v) is 14.5. The van der Waals surface area contributed by atoms with E-state index in [0.29, 0.717) is 11.1 Å². The van der Waals surface area contributed by atoms with Crippen LogP contribution in [0, 0.1) is 5.41 Å². The number of nitrogens with zero attached hydrogens (tertiary/aromatic N) is 3. The summed E-state index contributed by atoms with van der Waals surface area (Å²) < 4.78 is 1.90. The van der Waals surface area contributed by atoms with E-state index in [0.717, 1.165) is 44.7 Å². The molecule has 4 heterocycles. The summed E-state index contributed by atoms with van der Waals surface area (Å²) in [5.41, 5.74) is 1.83. The molecule has 0 radical (unpaired) electrons. The van der Waals surface area contributed by atoms with Gasteiger partial charge in [-0.15, -0.1) is 24.8 Å². The van der Waals surface area contributed by atoms with Crippen molar-refractivity contribution < 1.29 is 4.79 Å². The summed E-state index contributed by atoms with van der Waals surface area (Å²) in [5, 5.41) is 3.46. The van der Waals surface area contributed by atoms with Gasteiger partial charge in [-0.1, -0.05) is 6.07 Å². The highest BCUT2D eigenvalue weighted by molar-refractivity contribution is 5.93. The lowest BCUT2D eigenvalue weighted by molar-refractivity contribution is 0.0602. The third-order valence-corrected chi connectivity index (χ3v) is 5.03. The Morgan fingerprint density at radius 3 is 2.61 bits per heavy atom. The molecule has 5 nitrogen and oxygen atoms in total. The monoisotopic (exact) mass is 356 g/mol. The van der Waals surface area contributed by atoms with Crippen molar-refractivity contribution in [3.63, 3.8) is 0 Å². The van der Waals surface area contributed by atoms with Gasteiger partial charge < -0.3 is 14.6 Å². The first-order valence-electron chi connectivity index (χ1n) is 7.70. The minimum absolute atomic E-state index is 0. The number of fused-ring (bicyclic) bond motifs is 1. The number of piperidine rings is 1. The highest BCUT2D eigenvalue weighted by Crippen LogP contribution is 2.37. The summed E-state index contributed by atoms with van der Waals surface area (Å²) in [6, 6.07) is 5.81. The fourth-order valence-electron chi connectivity index (χ4n) is 3.61. The lowest BCUT2D eigenvalue weighted by Gasteiger charge is -2.38. The van der Waals surface area contributed by atoms with E-state index in [1.165, 1.54) is 6.42 Å². The van der Waals surface area contributed by atoms with Gasteiger partial charge in [0.15, 0.2) is 0 Å². The third kappa shape index (κ3) is 3.32. The molecule has 0 atom stereocenters. The van der Waals surface area contributed by atoms with Crippen LogP contribution in [-0.2, 0) is 0 Å². The van der Waals surface area contributed by atoms with Gasteiger partial charge in [0.05, 0.1) is 0 Å². The molecule has 2 aliphatic heterocycles. The molecule has 0 unspecified atom stereocenters. The molecule has 2 fully saturated rings. The SMILES string of the molecule is Cl.Cl.O=C(c1cn2ccccc2n1)N1CCC2(CCNC2)CC1. The first-order valence-corrected chi connectivity index (χ1v) is 7.70. The molecule has 1 N–H and O–H groups in total. The molecule has 0 aromatic carbocycles. The zero-order valence-electron chi connectivity index (χ0n) is 12.9. The summed E-state index contributed by atoms with van der Waals surface area (Å²) in [7, 11) is 0. The Kier molecular flexibility index (Phi) is 5.55. The summed E-state index contributed by atoms with van der Waals surface area (Å²) in [6.45, 7) is 3.95. The number of hydrogen-bond donors (Lipinski definition) is 1. The highest BCUT2D eigenvalue weighted by Gasteiger charge is 2.38. The molecular weight excluding hydrogens is 335 g/mol. The van der Waals surface area contributed by atoms with E-state index in [9.17, 15) is 4.79 Å². The molecule has 0 aliphatic carbocycles. The Hall–Kier alpha value is -1.30. The molecule has 2 aromatic rings. The van der Waals surface area contributed by atoms with E-state index in [2.05, 4.69) is 10.3 Å². The normalized spacial score (nSPS) is 19.4. The summed E-state index contributed by atoms with van der Waals surface area (Å²) >= 11 is 0. The molecule has 4 rings (SSSR count). The highest BCUT2D eigenvalue weighted by atomic mass is 35.5.